The quantitative estimate of drug-likeness (QED) is 0.809. The van der Waals surface area contributed by atoms with Crippen molar-refractivity contribution in [1.29, 1.82) is 0 Å². The van der Waals surface area contributed by atoms with E-state index in [4.69, 9.17) is 10.5 Å². The number of amides is 1. The maximum atomic E-state index is 12.0. The average molecular weight is 290 g/mol. The first kappa shape index (κ1) is 15.8. The van der Waals surface area contributed by atoms with Gasteiger partial charge in [-0.2, -0.15) is 0 Å². The predicted octanol–water partition coefficient (Wildman–Crippen LogP) is 2.23. The Balaban J connectivity index is 2.21. The van der Waals surface area contributed by atoms with Crippen molar-refractivity contribution in [2.45, 2.75) is 46.1 Å². The lowest BCUT2D eigenvalue weighted by atomic mass is 9.93. The van der Waals surface area contributed by atoms with Crippen LogP contribution in [0.5, 0.6) is 5.75 Å². The maximum absolute atomic E-state index is 12.0. The summed E-state index contributed by atoms with van der Waals surface area (Å²) in [6.07, 6.45) is 2.07. The normalized spacial score (nSPS) is 17.3. The molecule has 0 radical (unpaired) electrons. The molecule has 4 heteroatoms. The highest BCUT2D eigenvalue weighted by atomic mass is 16.5. The van der Waals surface area contributed by atoms with Crippen molar-refractivity contribution in [3.63, 3.8) is 0 Å². The minimum Gasteiger partial charge on any atom is -0.491 e. The third-order valence-electron chi connectivity index (χ3n) is 4.26. The van der Waals surface area contributed by atoms with Crippen LogP contribution >= 0.6 is 0 Å². The van der Waals surface area contributed by atoms with Gasteiger partial charge in [0.15, 0.2) is 0 Å². The summed E-state index contributed by atoms with van der Waals surface area (Å²) in [7, 11) is 0. The maximum Gasteiger partial charge on any atom is 0.241 e. The summed E-state index contributed by atoms with van der Waals surface area (Å²) in [6, 6.07) is 4.19. The van der Waals surface area contributed by atoms with Gasteiger partial charge in [0, 0.05) is 0 Å². The summed E-state index contributed by atoms with van der Waals surface area (Å²) < 4.78 is 6.04. The molecule has 1 unspecified atom stereocenters. The lowest BCUT2D eigenvalue weighted by Gasteiger charge is -2.32. The van der Waals surface area contributed by atoms with Gasteiger partial charge in [0.1, 0.15) is 17.9 Å². The molecule has 0 heterocycles. The number of nitrogens with one attached hydrogen (secondary N) is 1. The van der Waals surface area contributed by atoms with Crippen LogP contribution in [0.4, 0.5) is 0 Å². The Bertz CT molecular complexity index is 515. The Kier molecular flexibility index (Phi) is 4.57. The molecule has 1 aromatic carbocycles. The van der Waals surface area contributed by atoms with Crippen LogP contribution in [0.15, 0.2) is 12.1 Å². The van der Waals surface area contributed by atoms with E-state index < -0.39 is 5.54 Å². The second-order valence-corrected chi connectivity index (χ2v) is 6.16. The van der Waals surface area contributed by atoms with Gasteiger partial charge in [-0.15, -0.1) is 0 Å². The van der Waals surface area contributed by atoms with Crippen molar-refractivity contribution in [3.8, 4) is 5.75 Å². The molecule has 1 aliphatic rings. The number of likely N-dealkylation sites (N-methyl/N-ethyl adjacent to an activating group) is 1. The van der Waals surface area contributed by atoms with Gasteiger partial charge in [-0.3, -0.25) is 4.79 Å². The predicted molar refractivity (Wildman–Crippen MR) is 84.5 cm³/mol. The summed E-state index contributed by atoms with van der Waals surface area (Å²) in [4.78, 5) is 12.0. The molecule has 0 spiro atoms. The highest BCUT2D eigenvalue weighted by molar-refractivity contribution is 5.85. The zero-order valence-electron chi connectivity index (χ0n) is 13.5. The van der Waals surface area contributed by atoms with Crippen molar-refractivity contribution >= 4 is 5.91 Å². The Morgan fingerprint density at radius 2 is 1.90 bits per heavy atom. The van der Waals surface area contributed by atoms with Crippen molar-refractivity contribution < 1.29 is 9.53 Å². The third-order valence-corrected chi connectivity index (χ3v) is 4.26. The van der Waals surface area contributed by atoms with E-state index in [2.05, 4.69) is 24.4 Å². The zero-order valence-corrected chi connectivity index (χ0v) is 13.5. The number of primary amides is 1. The van der Waals surface area contributed by atoms with E-state index in [9.17, 15) is 4.79 Å². The van der Waals surface area contributed by atoms with Gasteiger partial charge >= 0.3 is 0 Å². The van der Waals surface area contributed by atoms with Crippen molar-refractivity contribution in [3.05, 3.63) is 28.8 Å². The highest BCUT2D eigenvalue weighted by Crippen LogP contribution is 2.40. The molecule has 2 rings (SSSR count). The topological polar surface area (TPSA) is 64.3 Å². The molecule has 1 aromatic rings. The first-order valence-electron chi connectivity index (χ1n) is 7.66. The summed E-state index contributed by atoms with van der Waals surface area (Å²) in [6.45, 7) is 9.13. The molecular weight excluding hydrogens is 264 g/mol. The van der Waals surface area contributed by atoms with E-state index >= 15 is 0 Å². The Morgan fingerprint density at radius 1 is 1.33 bits per heavy atom. The van der Waals surface area contributed by atoms with Gasteiger partial charge in [0.25, 0.3) is 0 Å². The fourth-order valence-electron chi connectivity index (χ4n) is 3.14. The lowest BCUT2D eigenvalue weighted by Crippen LogP contribution is -2.61. The minimum absolute atomic E-state index is 0.293. The Labute approximate surface area is 127 Å². The zero-order chi connectivity index (χ0) is 15.6. The van der Waals surface area contributed by atoms with Crippen molar-refractivity contribution in [2.75, 3.05) is 13.2 Å². The second kappa shape index (κ2) is 6.06. The van der Waals surface area contributed by atoms with Gasteiger partial charge in [-0.1, -0.05) is 24.6 Å². The van der Waals surface area contributed by atoms with E-state index in [0.29, 0.717) is 19.1 Å². The SMILES string of the molecule is CCNC(COc1c(C)cc(C)cc1C)(C(N)=O)C1CC1. The van der Waals surface area contributed by atoms with E-state index in [1.165, 1.54) is 5.56 Å². The second-order valence-electron chi connectivity index (χ2n) is 6.16. The number of aryl methyl sites for hydroxylation is 3. The number of ether oxygens (including phenoxy) is 1. The van der Waals surface area contributed by atoms with Crippen LogP contribution in [0.1, 0.15) is 36.5 Å². The van der Waals surface area contributed by atoms with Gasteiger partial charge in [0.05, 0.1) is 0 Å². The fraction of sp³-hybridized carbons (Fsp3) is 0.588. The van der Waals surface area contributed by atoms with E-state index in [-0.39, 0.29) is 5.91 Å². The van der Waals surface area contributed by atoms with Gasteiger partial charge in [0.2, 0.25) is 5.91 Å². The van der Waals surface area contributed by atoms with Crippen LogP contribution in [-0.2, 0) is 4.79 Å². The Hall–Kier alpha value is -1.55. The molecule has 4 nitrogen and oxygen atoms in total. The van der Waals surface area contributed by atoms with Crippen LogP contribution in [0, 0.1) is 26.7 Å². The lowest BCUT2D eigenvalue weighted by molar-refractivity contribution is -0.126. The summed E-state index contributed by atoms with van der Waals surface area (Å²) in [5.41, 5.74) is 8.35. The molecule has 1 amide bonds. The van der Waals surface area contributed by atoms with E-state index in [0.717, 1.165) is 29.7 Å². The van der Waals surface area contributed by atoms with Crippen LogP contribution < -0.4 is 15.8 Å². The molecular formula is C17H26N2O2. The first-order valence-corrected chi connectivity index (χ1v) is 7.66. The highest BCUT2D eigenvalue weighted by Gasteiger charge is 2.50. The number of benzene rings is 1. The van der Waals surface area contributed by atoms with Gasteiger partial charge < -0.3 is 15.8 Å². The molecule has 0 bridgehead atoms. The van der Waals surface area contributed by atoms with E-state index in [1.54, 1.807) is 0 Å². The first-order chi connectivity index (χ1) is 9.90. The number of hydrogen-bond donors (Lipinski definition) is 2. The standard InChI is InChI=1S/C17H26N2O2/c1-5-19-17(16(18)20,14-6-7-14)10-21-15-12(3)8-11(2)9-13(15)4/h8-9,14,19H,5-7,10H2,1-4H3,(H2,18,20). The fourth-order valence-corrected chi connectivity index (χ4v) is 3.14. The molecule has 0 saturated heterocycles. The van der Waals surface area contributed by atoms with Crippen LogP contribution in [0.3, 0.4) is 0 Å². The van der Waals surface area contributed by atoms with Crippen LogP contribution in [-0.4, -0.2) is 24.6 Å². The van der Waals surface area contributed by atoms with Crippen LogP contribution in [0.25, 0.3) is 0 Å². The Morgan fingerprint density at radius 3 is 2.33 bits per heavy atom. The third kappa shape index (κ3) is 3.21. The van der Waals surface area contributed by atoms with Crippen LogP contribution in [0.2, 0.25) is 0 Å². The molecule has 1 atom stereocenters. The number of rotatable bonds is 7. The van der Waals surface area contributed by atoms with Crippen molar-refractivity contribution in [1.82, 2.24) is 5.32 Å². The average Bonchev–Trinajstić information content (AvgIpc) is 3.20. The molecule has 0 aromatic heterocycles. The molecule has 0 aliphatic heterocycles. The molecule has 21 heavy (non-hydrogen) atoms. The number of nitrogens with two attached hydrogens (primary N) is 1. The summed E-state index contributed by atoms with van der Waals surface area (Å²) in [5.74, 6) is 0.847. The molecule has 1 fully saturated rings. The monoisotopic (exact) mass is 290 g/mol. The molecule has 116 valence electrons. The number of carbonyl (C=O) groups is 1. The van der Waals surface area contributed by atoms with Crippen molar-refractivity contribution in [2.24, 2.45) is 11.7 Å². The number of hydrogen-bond acceptors (Lipinski definition) is 3. The van der Waals surface area contributed by atoms with Gasteiger partial charge in [-0.05, 0) is 57.2 Å². The minimum atomic E-state index is -0.738. The smallest absolute Gasteiger partial charge is 0.241 e. The number of carbonyl (C=O) groups excluding carboxylic acids is 1. The molecule has 3 N–H and O–H groups in total. The molecule has 1 aliphatic carbocycles. The van der Waals surface area contributed by atoms with Gasteiger partial charge in [-0.25, -0.2) is 0 Å². The molecule has 1 saturated carbocycles. The summed E-state index contributed by atoms with van der Waals surface area (Å²) in [5, 5.41) is 3.28. The van der Waals surface area contributed by atoms with E-state index in [1.807, 2.05) is 20.8 Å². The summed E-state index contributed by atoms with van der Waals surface area (Å²) >= 11 is 0. The largest absolute Gasteiger partial charge is 0.491 e.